The first-order valence-corrected chi connectivity index (χ1v) is 10.8. The zero-order valence-electron chi connectivity index (χ0n) is 17.7. The maximum atomic E-state index is 12.3. The Morgan fingerprint density at radius 2 is 1.59 bits per heavy atom. The fourth-order valence-electron chi connectivity index (χ4n) is 3.91. The summed E-state index contributed by atoms with van der Waals surface area (Å²) in [6, 6.07) is 0.459. The van der Waals surface area contributed by atoms with Crippen LogP contribution in [0.5, 0.6) is 0 Å². The Morgan fingerprint density at radius 1 is 0.931 bits per heavy atom. The van der Waals surface area contributed by atoms with Gasteiger partial charge in [-0.2, -0.15) is 0 Å². The molecule has 2 heterocycles. The minimum Gasteiger partial charge on any atom is -0.481 e. The van der Waals surface area contributed by atoms with E-state index in [1.165, 1.54) is 0 Å². The first-order valence-electron chi connectivity index (χ1n) is 10.8. The van der Waals surface area contributed by atoms with Crippen LogP contribution in [0.4, 0.5) is 0 Å². The normalized spacial score (nSPS) is 21.2. The van der Waals surface area contributed by atoms with Crippen LogP contribution in [0.1, 0.15) is 38.5 Å². The van der Waals surface area contributed by atoms with E-state index in [4.69, 9.17) is 5.11 Å². The van der Waals surface area contributed by atoms with Gasteiger partial charge in [-0.05, 0) is 39.3 Å². The zero-order valence-corrected chi connectivity index (χ0v) is 17.7. The maximum absolute atomic E-state index is 12.3. The van der Waals surface area contributed by atoms with Crippen molar-refractivity contribution in [1.29, 1.82) is 0 Å². The van der Waals surface area contributed by atoms with Crippen molar-refractivity contribution in [2.45, 2.75) is 44.6 Å². The topological polar surface area (TPSA) is 105 Å². The fourth-order valence-corrected chi connectivity index (χ4v) is 3.91. The average Bonchev–Trinajstić information content (AvgIpc) is 3.10. The van der Waals surface area contributed by atoms with Gasteiger partial charge in [0, 0.05) is 64.7 Å². The van der Waals surface area contributed by atoms with E-state index in [-0.39, 0.29) is 18.2 Å². The van der Waals surface area contributed by atoms with Crippen LogP contribution in [0.3, 0.4) is 0 Å². The number of hydrogen-bond acceptors (Lipinski definition) is 6. The second-order valence-electron chi connectivity index (χ2n) is 8.17. The molecule has 0 aromatic rings. The van der Waals surface area contributed by atoms with Gasteiger partial charge >= 0.3 is 5.97 Å². The van der Waals surface area contributed by atoms with Crippen LogP contribution >= 0.6 is 0 Å². The number of nitrogens with zero attached hydrogens (tertiary/aromatic N) is 3. The molecule has 2 rings (SSSR count). The number of aliphatic carboxylic acids is 1. The summed E-state index contributed by atoms with van der Waals surface area (Å²) in [5.74, 6) is -0.931. The van der Waals surface area contributed by atoms with Gasteiger partial charge in [0.1, 0.15) is 0 Å². The Bertz CT molecular complexity index is 537. The van der Waals surface area contributed by atoms with Crippen LogP contribution in [0.2, 0.25) is 0 Å². The molecule has 0 radical (unpaired) electrons. The highest BCUT2D eigenvalue weighted by atomic mass is 16.5. The molecule has 9 heteroatoms. The molecule has 2 aliphatic heterocycles. The summed E-state index contributed by atoms with van der Waals surface area (Å²) >= 11 is 0. The van der Waals surface area contributed by atoms with Crippen LogP contribution in [-0.2, 0) is 14.4 Å². The third-order valence-corrected chi connectivity index (χ3v) is 5.70. The highest BCUT2D eigenvalue weighted by molar-refractivity contribution is 5.78. The van der Waals surface area contributed by atoms with E-state index in [9.17, 15) is 14.4 Å². The van der Waals surface area contributed by atoms with Crippen molar-refractivity contribution >= 4 is 17.8 Å². The van der Waals surface area contributed by atoms with E-state index in [0.29, 0.717) is 44.9 Å². The van der Waals surface area contributed by atoms with Gasteiger partial charge in [0.15, 0.2) is 0 Å². The van der Waals surface area contributed by atoms with Crippen molar-refractivity contribution in [3.8, 4) is 0 Å². The summed E-state index contributed by atoms with van der Waals surface area (Å²) in [5.41, 5.74) is 0. The number of amides is 2. The molecule has 9 nitrogen and oxygen atoms in total. The Balaban J connectivity index is 1.55. The number of carboxylic acids is 1. The largest absolute Gasteiger partial charge is 0.481 e. The Hall–Kier alpha value is -1.71. The van der Waals surface area contributed by atoms with Crippen LogP contribution < -0.4 is 10.6 Å². The van der Waals surface area contributed by atoms with E-state index in [1.54, 1.807) is 0 Å². The molecule has 0 aliphatic carbocycles. The highest BCUT2D eigenvalue weighted by Crippen LogP contribution is 2.18. The average molecular weight is 425 g/mol. The van der Waals surface area contributed by atoms with Gasteiger partial charge in [-0.25, -0.2) is 0 Å². The van der Waals surface area contributed by atoms with Crippen LogP contribution in [0.15, 0.2) is 0 Å². The monoisotopic (exact) mass is 425 g/mol. The number of nitrogens with one attached hydrogen (secondary N) is 2. The maximum Gasteiger partial charge on any atom is 0.303 e. The molecule has 3 N–H and O–H groups in total. The van der Waals surface area contributed by atoms with Gasteiger partial charge < -0.3 is 20.6 Å². The SMILES string of the molecule is C[15N]1CCN([13CH2]C2CCCN2CC(=O)[15NH][13CH2][13CH2][13CH2][13C](=O)[15NH][13CH2][13CH2][13CH2][13C](=O)O)[13CH2][13CH2]1. The number of likely N-dealkylation sites (tertiary alicyclic amines) is 1. The molecule has 2 saturated heterocycles. The Labute approximate surface area is 173 Å². The van der Waals surface area contributed by atoms with E-state index < -0.39 is 5.97 Å². The minimum atomic E-state index is -0.856. The highest BCUT2D eigenvalue weighted by Gasteiger charge is 2.28. The van der Waals surface area contributed by atoms with E-state index >= 15 is 0 Å². The van der Waals surface area contributed by atoms with Gasteiger partial charge in [0.25, 0.3) is 0 Å². The number of carbonyl (C=O) groups is 3. The van der Waals surface area contributed by atoms with Gasteiger partial charge in [-0.3, -0.25) is 24.2 Å². The molecule has 1 atom stereocenters. The number of likely N-dealkylation sites (N-methyl/N-ethyl adjacent to an activating group) is 1. The van der Waals surface area contributed by atoms with E-state index in [2.05, 4.69) is 32.4 Å². The summed E-state index contributed by atoms with van der Waals surface area (Å²) in [6.07, 6.45) is 3.71. The molecule has 0 saturated carbocycles. The molecule has 2 amide bonds. The smallest absolute Gasteiger partial charge is 0.303 e. The molecule has 0 aromatic heterocycles. The van der Waals surface area contributed by atoms with Crippen molar-refractivity contribution in [2.24, 2.45) is 0 Å². The molecule has 0 spiro atoms. The second-order valence-corrected chi connectivity index (χ2v) is 8.17. The number of piperazine rings is 1. The Morgan fingerprint density at radius 3 is 2.28 bits per heavy atom. The predicted molar refractivity (Wildman–Crippen MR) is 111 cm³/mol. The summed E-state index contributed by atoms with van der Waals surface area (Å²) < 4.78 is 0. The number of carbonyl (C=O) groups excluding carboxylic acids is 2. The molecule has 0 bridgehead atoms. The standard InChI is InChI=1S/C20H37N5O4/c1-23-11-13-24(14-12-23)15-17-5-4-10-25(17)16-19(27)22-8-2-6-18(26)21-9-3-7-20(28)29/h17H,2-16H2,1H3,(H,21,26)(H,22,27)(H,28,29)/i2+1,3+1,6+1,7+1,8+1,9+1,11+1,13+1,15+1,18+1,20+1,21+1,22+1,23+1. The molecule has 29 heavy (non-hydrogen) atoms. The molecule has 166 valence electrons. The number of carboxylic acid groups (broad SMARTS) is 1. The lowest BCUT2D eigenvalue weighted by Gasteiger charge is -2.36. The second kappa shape index (κ2) is 12.8. The fraction of sp³-hybridized carbons (Fsp3) is 0.850. The van der Waals surface area contributed by atoms with Crippen molar-refractivity contribution < 1.29 is 19.5 Å². The van der Waals surface area contributed by atoms with E-state index in [0.717, 1.165) is 52.1 Å². The Kier molecular flexibility index (Phi) is 10.4. The van der Waals surface area contributed by atoms with E-state index in [1.807, 2.05) is 0 Å². The third-order valence-electron chi connectivity index (χ3n) is 5.70. The van der Waals surface area contributed by atoms with Crippen molar-refractivity contribution in [3.63, 3.8) is 0 Å². The molecule has 0 aromatic carbocycles. The van der Waals surface area contributed by atoms with Crippen molar-refractivity contribution in [2.75, 3.05) is 66.0 Å². The predicted octanol–water partition coefficient (Wildman–Crippen LogP) is -0.424. The first-order chi connectivity index (χ1) is 13.9. The van der Waals surface area contributed by atoms with Gasteiger partial charge in [0.05, 0.1) is 6.54 Å². The van der Waals surface area contributed by atoms with Gasteiger partial charge in [-0.1, -0.05) is 0 Å². The molecule has 1 unspecified atom stereocenters. The van der Waals surface area contributed by atoms with Gasteiger partial charge in [-0.15, -0.1) is 0 Å². The minimum absolute atomic E-state index is 0.0251. The summed E-state index contributed by atoms with van der Waals surface area (Å²) in [6.45, 7) is 7.74. The van der Waals surface area contributed by atoms with Crippen molar-refractivity contribution in [1.82, 2.24) is 25.3 Å². The third kappa shape index (κ3) is 9.56. The number of rotatable bonds is 12. The molecular weight excluding hydrogens is 388 g/mol. The lowest BCUT2D eigenvalue weighted by Crippen LogP contribution is -2.50. The summed E-state index contributed by atoms with van der Waals surface area (Å²) in [7, 11) is 2.16. The van der Waals surface area contributed by atoms with Crippen LogP contribution in [-0.4, -0.2) is 110 Å². The quantitative estimate of drug-likeness (QED) is 0.222. The lowest BCUT2D eigenvalue weighted by atomic mass is 10.3. The zero-order chi connectivity index (χ0) is 21.1. The summed E-state index contributed by atoms with van der Waals surface area (Å²) in [4.78, 5) is 41.5. The summed E-state index contributed by atoms with van der Waals surface area (Å²) in [5, 5.41) is 14.2. The molecular formula is C20H37N5O4. The van der Waals surface area contributed by atoms with Crippen LogP contribution in [0.25, 0.3) is 0 Å². The first kappa shape index (κ1) is 23.6. The number of hydrogen-bond donors (Lipinski definition) is 3. The van der Waals surface area contributed by atoms with Crippen molar-refractivity contribution in [3.05, 3.63) is 0 Å². The lowest BCUT2D eigenvalue weighted by molar-refractivity contribution is -0.137. The molecule has 2 fully saturated rings. The molecule has 2 aliphatic rings. The van der Waals surface area contributed by atoms with Crippen LogP contribution in [0, 0.1) is 0 Å². The van der Waals surface area contributed by atoms with Gasteiger partial charge in [0.2, 0.25) is 11.8 Å².